The number of piperazine rings is 1. The van der Waals surface area contributed by atoms with Gasteiger partial charge in [-0.25, -0.2) is 18.0 Å². The molecule has 3 heterocycles. The van der Waals surface area contributed by atoms with E-state index in [4.69, 9.17) is 9.15 Å². The number of rotatable bonds is 7. The molecule has 10 nitrogen and oxygen atoms in total. The number of carbonyl (C=O) groups excluding carboxylic acids is 2. The summed E-state index contributed by atoms with van der Waals surface area (Å²) in [6.07, 6.45) is 1.47. The average molecular weight is 426 g/mol. The van der Waals surface area contributed by atoms with Gasteiger partial charge in [-0.3, -0.25) is 4.90 Å². The Bertz CT molecular complexity index is 872. The summed E-state index contributed by atoms with van der Waals surface area (Å²) >= 11 is 0. The van der Waals surface area contributed by atoms with E-state index < -0.39 is 28.1 Å². The van der Waals surface area contributed by atoms with Crippen LogP contribution in [0.15, 0.2) is 34.1 Å². The number of carbonyl (C=O) groups is 2. The zero-order valence-electron chi connectivity index (χ0n) is 16.5. The minimum Gasteiger partial charge on any atom is -0.467 e. The fraction of sp³-hybridized carbons (Fsp3) is 0.556. The number of nitrogens with one attached hydrogen (secondary N) is 2. The number of nitrogens with zero attached hydrogens (tertiary/aromatic N) is 2. The van der Waals surface area contributed by atoms with Crippen molar-refractivity contribution in [3.05, 3.63) is 35.4 Å². The van der Waals surface area contributed by atoms with Gasteiger partial charge in [-0.2, -0.15) is 4.31 Å². The third kappa shape index (κ3) is 4.80. The van der Waals surface area contributed by atoms with Gasteiger partial charge in [0.2, 0.25) is 10.0 Å². The van der Waals surface area contributed by atoms with Gasteiger partial charge in [-0.1, -0.05) is 0 Å². The predicted octanol–water partition coefficient (Wildman–Crippen LogP) is 0.418. The van der Waals surface area contributed by atoms with E-state index in [0.29, 0.717) is 44.2 Å². The number of sulfonamides is 1. The molecule has 160 valence electrons. The maximum atomic E-state index is 12.7. The van der Waals surface area contributed by atoms with Crippen molar-refractivity contribution in [3.8, 4) is 0 Å². The number of hydrogen-bond acceptors (Lipinski definition) is 7. The van der Waals surface area contributed by atoms with E-state index in [1.54, 1.807) is 26.0 Å². The van der Waals surface area contributed by atoms with E-state index in [1.807, 2.05) is 4.90 Å². The van der Waals surface area contributed by atoms with E-state index in [2.05, 4.69) is 10.6 Å². The smallest absolute Gasteiger partial charge is 0.338 e. The summed E-state index contributed by atoms with van der Waals surface area (Å²) < 4.78 is 36.2. The first-order valence-corrected chi connectivity index (χ1v) is 11.2. The summed E-state index contributed by atoms with van der Waals surface area (Å²) in [5, 5.41) is 5.41. The molecule has 1 unspecified atom stereocenters. The molecule has 11 heteroatoms. The predicted molar refractivity (Wildman–Crippen MR) is 104 cm³/mol. The maximum Gasteiger partial charge on any atom is 0.338 e. The lowest BCUT2D eigenvalue weighted by molar-refractivity contribution is -0.139. The van der Waals surface area contributed by atoms with Crippen LogP contribution in [-0.2, 0) is 19.6 Å². The fourth-order valence-corrected chi connectivity index (χ4v) is 4.52. The summed E-state index contributed by atoms with van der Waals surface area (Å²) in [7, 11) is -3.23. The Labute approximate surface area is 169 Å². The molecule has 0 radical (unpaired) electrons. The van der Waals surface area contributed by atoms with Crippen molar-refractivity contribution in [2.75, 3.05) is 45.1 Å². The summed E-state index contributed by atoms with van der Waals surface area (Å²) in [6.45, 7) is 5.54. The Morgan fingerprint density at radius 3 is 2.59 bits per heavy atom. The van der Waals surface area contributed by atoms with Crippen molar-refractivity contribution >= 4 is 22.0 Å². The number of esters is 1. The molecule has 29 heavy (non-hydrogen) atoms. The van der Waals surface area contributed by atoms with E-state index in [0.717, 1.165) is 0 Å². The van der Waals surface area contributed by atoms with Crippen LogP contribution in [0.1, 0.15) is 25.6 Å². The summed E-state index contributed by atoms with van der Waals surface area (Å²) in [5.41, 5.74) is 0.713. The zero-order valence-corrected chi connectivity index (χ0v) is 17.3. The number of ether oxygens (including phenoxy) is 1. The van der Waals surface area contributed by atoms with Gasteiger partial charge in [0.15, 0.2) is 0 Å². The molecule has 2 aliphatic rings. The number of amides is 2. The largest absolute Gasteiger partial charge is 0.467 e. The summed E-state index contributed by atoms with van der Waals surface area (Å²) in [6, 6.07) is 2.16. The topological polar surface area (TPSA) is 121 Å². The SMILES string of the molecule is CCOC(=O)C1=C(CN2CCN(S(=O)(=O)CC)CC2)NC(=O)NC1c1ccco1. The van der Waals surface area contributed by atoms with Gasteiger partial charge in [0.25, 0.3) is 0 Å². The molecular formula is C18H26N4O6S. The van der Waals surface area contributed by atoms with E-state index in [-0.39, 0.29) is 17.9 Å². The molecule has 2 amide bonds. The highest BCUT2D eigenvalue weighted by atomic mass is 32.2. The van der Waals surface area contributed by atoms with Crippen molar-refractivity contribution in [1.82, 2.24) is 19.8 Å². The molecule has 1 fully saturated rings. The van der Waals surface area contributed by atoms with E-state index >= 15 is 0 Å². The van der Waals surface area contributed by atoms with Gasteiger partial charge in [0.1, 0.15) is 11.8 Å². The first-order chi connectivity index (χ1) is 13.9. The highest BCUT2D eigenvalue weighted by Gasteiger charge is 2.36. The molecular weight excluding hydrogens is 400 g/mol. The van der Waals surface area contributed by atoms with Crippen molar-refractivity contribution in [2.45, 2.75) is 19.9 Å². The summed E-state index contributed by atoms with van der Waals surface area (Å²) in [5.74, 6) is -0.0413. The first kappa shape index (κ1) is 21.3. The second kappa shape index (κ2) is 8.97. The van der Waals surface area contributed by atoms with E-state index in [1.165, 1.54) is 10.6 Å². The van der Waals surface area contributed by atoms with Crippen LogP contribution in [-0.4, -0.2) is 74.7 Å². The third-order valence-electron chi connectivity index (χ3n) is 4.95. The monoisotopic (exact) mass is 426 g/mol. The third-order valence-corrected chi connectivity index (χ3v) is 6.83. The molecule has 2 N–H and O–H groups in total. The minimum absolute atomic E-state index is 0.0672. The van der Waals surface area contributed by atoms with Gasteiger partial charge in [0.05, 0.1) is 24.2 Å². The lowest BCUT2D eigenvalue weighted by Gasteiger charge is -2.36. The van der Waals surface area contributed by atoms with Gasteiger partial charge in [0, 0.05) is 38.4 Å². The Morgan fingerprint density at radius 2 is 2.00 bits per heavy atom. The Morgan fingerprint density at radius 1 is 1.28 bits per heavy atom. The Kier molecular flexibility index (Phi) is 6.60. The number of hydrogen-bond donors (Lipinski definition) is 2. The maximum absolute atomic E-state index is 12.7. The van der Waals surface area contributed by atoms with Crippen molar-refractivity contribution in [1.29, 1.82) is 0 Å². The van der Waals surface area contributed by atoms with Gasteiger partial charge >= 0.3 is 12.0 Å². The molecule has 0 aromatic carbocycles. The standard InChI is InChI=1S/C18H26N4O6S/c1-3-27-17(23)15-13(19-18(24)20-16(15)14-6-5-11-28-14)12-21-7-9-22(10-8-21)29(25,26)4-2/h5-6,11,16H,3-4,7-10,12H2,1-2H3,(H2,19,20,24). The molecule has 0 saturated carbocycles. The molecule has 1 saturated heterocycles. The van der Waals surface area contributed by atoms with Crippen LogP contribution in [0.25, 0.3) is 0 Å². The molecule has 3 rings (SSSR count). The number of urea groups is 1. The van der Waals surface area contributed by atoms with Crippen LogP contribution < -0.4 is 10.6 Å². The lowest BCUT2D eigenvalue weighted by atomic mass is 9.99. The lowest BCUT2D eigenvalue weighted by Crippen LogP contribution is -2.52. The van der Waals surface area contributed by atoms with Crippen LogP contribution in [0.2, 0.25) is 0 Å². The van der Waals surface area contributed by atoms with Crippen LogP contribution in [0.4, 0.5) is 4.79 Å². The molecule has 0 aliphatic carbocycles. The Balaban J connectivity index is 1.83. The highest BCUT2D eigenvalue weighted by Crippen LogP contribution is 2.28. The molecule has 1 aromatic heterocycles. The second-order valence-electron chi connectivity index (χ2n) is 6.74. The minimum atomic E-state index is -3.23. The van der Waals surface area contributed by atoms with Crippen LogP contribution in [0.5, 0.6) is 0 Å². The van der Waals surface area contributed by atoms with E-state index in [9.17, 15) is 18.0 Å². The molecule has 0 bridgehead atoms. The van der Waals surface area contributed by atoms with Crippen molar-refractivity contribution in [2.24, 2.45) is 0 Å². The van der Waals surface area contributed by atoms with Crippen molar-refractivity contribution < 1.29 is 27.2 Å². The molecule has 1 atom stereocenters. The highest BCUT2D eigenvalue weighted by molar-refractivity contribution is 7.89. The fourth-order valence-electron chi connectivity index (χ4n) is 3.43. The summed E-state index contributed by atoms with van der Waals surface area (Å²) in [4.78, 5) is 26.9. The number of furan rings is 1. The van der Waals surface area contributed by atoms with Gasteiger partial charge < -0.3 is 19.8 Å². The van der Waals surface area contributed by atoms with Crippen LogP contribution in [0, 0.1) is 0 Å². The first-order valence-electron chi connectivity index (χ1n) is 9.57. The Hall–Kier alpha value is -2.37. The average Bonchev–Trinajstić information content (AvgIpc) is 3.23. The van der Waals surface area contributed by atoms with Gasteiger partial charge in [-0.05, 0) is 26.0 Å². The molecule has 0 spiro atoms. The molecule has 1 aromatic rings. The normalized spacial score (nSPS) is 21.6. The zero-order chi connectivity index (χ0) is 21.0. The van der Waals surface area contributed by atoms with Crippen LogP contribution in [0.3, 0.4) is 0 Å². The van der Waals surface area contributed by atoms with Crippen LogP contribution >= 0.6 is 0 Å². The molecule has 2 aliphatic heterocycles. The van der Waals surface area contributed by atoms with Gasteiger partial charge in [-0.15, -0.1) is 0 Å². The van der Waals surface area contributed by atoms with Crippen molar-refractivity contribution in [3.63, 3.8) is 0 Å². The second-order valence-corrected chi connectivity index (χ2v) is 8.99. The quantitative estimate of drug-likeness (QED) is 0.606.